The molecule has 0 aliphatic carbocycles. The summed E-state index contributed by atoms with van der Waals surface area (Å²) in [6.07, 6.45) is 0. The Morgan fingerprint density at radius 3 is 2.50 bits per heavy atom. The van der Waals surface area contributed by atoms with E-state index in [-0.39, 0.29) is 0 Å². The molecule has 1 aromatic rings. The first-order chi connectivity index (χ1) is 7.59. The van der Waals surface area contributed by atoms with E-state index in [1.54, 1.807) is 0 Å². The Balaban J connectivity index is 1.87. The third kappa shape index (κ3) is 2.84. The molecule has 0 spiro atoms. The van der Waals surface area contributed by atoms with Crippen LogP contribution in [-0.4, -0.2) is 19.8 Å². The second-order valence-electron chi connectivity index (χ2n) is 4.96. The van der Waals surface area contributed by atoms with E-state index in [0.717, 1.165) is 24.2 Å². The van der Waals surface area contributed by atoms with E-state index in [1.807, 2.05) is 0 Å². The molecule has 0 bridgehead atoms. The average molecular weight is 284 g/mol. The molecule has 1 aliphatic rings. The second kappa shape index (κ2) is 4.86. The number of hydrogen-bond acceptors (Lipinski definition) is 2. The number of halogens is 1. The summed E-state index contributed by atoms with van der Waals surface area (Å²) < 4.78 is 6.37. The molecule has 0 saturated carbocycles. The van der Waals surface area contributed by atoms with Crippen LogP contribution in [-0.2, 0) is 4.74 Å². The van der Waals surface area contributed by atoms with E-state index < -0.39 is 0 Å². The molecule has 1 aliphatic heterocycles. The van der Waals surface area contributed by atoms with Gasteiger partial charge in [0.05, 0.1) is 13.2 Å². The molecule has 1 aromatic carbocycles. The van der Waals surface area contributed by atoms with Gasteiger partial charge in [0.1, 0.15) is 0 Å². The van der Waals surface area contributed by atoms with Gasteiger partial charge in [0.2, 0.25) is 0 Å². The molecule has 0 radical (unpaired) electrons. The normalized spacial score (nSPS) is 20.2. The van der Waals surface area contributed by atoms with Gasteiger partial charge < -0.3 is 10.1 Å². The highest BCUT2D eigenvalue weighted by Gasteiger charge is 2.33. The maximum Gasteiger partial charge on any atom is 0.0554 e. The lowest BCUT2D eigenvalue weighted by atomic mass is 9.88. The van der Waals surface area contributed by atoms with Crippen molar-refractivity contribution in [1.82, 2.24) is 5.32 Å². The summed E-state index contributed by atoms with van der Waals surface area (Å²) in [5.74, 6) is 0. The quantitative estimate of drug-likeness (QED) is 0.917. The van der Waals surface area contributed by atoms with Crippen molar-refractivity contribution in [2.45, 2.75) is 19.9 Å². The van der Waals surface area contributed by atoms with Gasteiger partial charge in [-0.3, -0.25) is 0 Å². The largest absolute Gasteiger partial charge is 0.380 e. The van der Waals surface area contributed by atoms with Crippen LogP contribution in [0.15, 0.2) is 28.7 Å². The first-order valence-electron chi connectivity index (χ1n) is 5.66. The highest BCUT2D eigenvalue weighted by Crippen LogP contribution is 2.26. The number of ether oxygens (including phenoxy) is 1. The van der Waals surface area contributed by atoms with Crippen LogP contribution in [0.3, 0.4) is 0 Å². The number of hydrogen-bond donors (Lipinski definition) is 1. The standard InChI is InChI=1S/C13H18BrNO/c1-10(11-3-5-12(14)6-4-11)15-7-13(2)8-16-9-13/h3-6,10,15H,7-9H2,1-2H3. The minimum absolute atomic E-state index is 0.337. The molecule has 0 aromatic heterocycles. The van der Waals surface area contributed by atoms with Crippen LogP contribution < -0.4 is 5.32 Å². The Labute approximate surface area is 106 Å². The van der Waals surface area contributed by atoms with Crippen LogP contribution in [0.1, 0.15) is 25.5 Å². The molecule has 1 fully saturated rings. The topological polar surface area (TPSA) is 21.3 Å². The fourth-order valence-electron chi connectivity index (χ4n) is 1.82. The van der Waals surface area contributed by atoms with E-state index in [4.69, 9.17) is 4.74 Å². The van der Waals surface area contributed by atoms with Gasteiger partial charge in [0, 0.05) is 22.5 Å². The molecule has 1 N–H and O–H groups in total. The number of rotatable bonds is 4. The molecular formula is C13H18BrNO. The van der Waals surface area contributed by atoms with Crippen molar-refractivity contribution < 1.29 is 4.74 Å². The third-order valence-electron chi connectivity index (χ3n) is 3.11. The minimum atomic E-state index is 0.337. The van der Waals surface area contributed by atoms with Crippen molar-refractivity contribution >= 4 is 15.9 Å². The van der Waals surface area contributed by atoms with Gasteiger partial charge in [0.15, 0.2) is 0 Å². The predicted molar refractivity (Wildman–Crippen MR) is 69.5 cm³/mol. The third-order valence-corrected chi connectivity index (χ3v) is 3.63. The summed E-state index contributed by atoms with van der Waals surface area (Å²) >= 11 is 3.45. The van der Waals surface area contributed by atoms with Crippen LogP contribution in [0.4, 0.5) is 0 Å². The highest BCUT2D eigenvalue weighted by atomic mass is 79.9. The Hall–Kier alpha value is -0.380. The van der Waals surface area contributed by atoms with Gasteiger partial charge in [0.25, 0.3) is 0 Å². The fourth-order valence-corrected chi connectivity index (χ4v) is 2.09. The lowest BCUT2D eigenvalue weighted by Crippen LogP contribution is -2.47. The van der Waals surface area contributed by atoms with E-state index in [0.29, 0.717) is 11.5 Å². The van der Waals surface area contributed by atoms with Gasteiger partial charge in [-0.15, -0.1) is 0 Å². The smallest absolute Gasteiger partial charge is 0.0554 e. The maximum atomic E-state index is 5.25. The van der Waals surface area contributed by atoms with Crippen LogP contribution in [0.5, 0.6) is 0 Å². The van der Waals surface area contributed by atoms with E-state index >= 15 is 0 Å². The van der Waals surface area contributed by atoms with Crippen LogP contribution in [0.25, 0.3) is 0 Å². The molecule has 2 nitrogen and oxygen atoms in total. The molecule has 3 heteroatoms. The molecule has 1 atom stereocenters. The zero-order valence-corrected chi connectivity index (χ0v) is 11.4. The summed E-state index contributed by atoms with van der Waals surface area (Å²) in [4.78, 5) is 0. The molecule has 1 heterocycles. The Bertz CT molecular complexity index is 345. The summed E-state index contributed by atoms with van der Waals surface area (Å²) in [7, 11) is 0. The zero-order valence-electron chi connectivity index (χ0n) is 9.79. The fraction of sp³-hybridized carbons (Fsp3) is 0.538. The van der Waals surface area contributed by atoms with Crippen LogP contribution >= 0.6 is 15.9 Å². The van der Waals surface area contributed by atoms with Gasteiger partial charge in [-0.25, -0.2) is 0 Å². The van der Waals surface area contributed by atoms with Gasteiger partial charge in [-0.2, -0.15) is 0 Å². The van der Waals surface area contributed by atoms with Crippen molar-refractivity contribution in [3.05, 3.63) is 34.3 Å². The lowest BCUT2D eigenvalue weighted by molar-refractivity contribution is -0.0999. The molecule has 2 rings (SSSR count). The van der Waals surface area contributed by atoms with E-state index in [9.17, 15) is 0 Å². The molecule has 88 valence electrons. The molecule has 16 heavy (non-hydrogen) atoms. The van der Waals surface area contributed by atoms with Crippen LogP contribution in [0.2, 0.25) is 0 Å². The Kier molecular flexibility index (Phi) is 3.67. The summed E-state index contributed by atoms with van der Waals surface area (Å²) in [5.41, 5.74) is 1.66. The summed E-state index contributed by atoms with van der Waals surface area (Å²) in [6, 6.07) is 8.87. The van der Waals surface area contributed by atoms with E-state index in [2.05, 4.69) is 59.4 Å². The highest BCUT2D eigenvalue weighted by molar-refractivity contribution is 9.10. The Morgan fingerprint density at radius 2 is 2.00 bits per heavy atom. The van der Waals surface area contributed by atoms with Crippen molar-refractivity contribution in [2.75, 3.05) is 19.8 Å². The monoisotopic (exact) mass is 283 g/mol. The summed E-state index contributed by atoms with van der Waals surface area (Å²) in [6.45, 7) is 7.24. The average Bonchev–Trinajstić information content (AvgIpc) is 2.24. The van der Waals surface area contributed by atoms with Crippen molar-refractivity contribution in [1.29, 1.82) is 0 Å². The molecule has 0 amide bonds. The summed E-state index contributed by atoms with van der Waals surface area (Å²) in [5, 5.41) is 3.57. The van der Waals surface area contributed by atoms with Crippen molar-refractivity contribution in [3.63, 3.8) is 0 Å². The van der Waals surface area contributed by atoms with Crippen molar-refractivity contribution in [2.24, 2.45) is 5.41 Å². The first kappa shape index (κ1) is 12.1. The van der Waals surface area contributed by atoms with Gasteiger partial charge in [-0.1, -0.05) is 35.0 Å². The van der Waals surface area contributed by atoms with E-state index in [1.165, 1.54) is 5.56 Å². The molecule has 1 unspecified atom stereocenters. The van der Waals surface area contributed by atoms with Gasteiger partial charge >= 0.3 is 0 Å². The second-order valence-corrected chi connectivity index (χ2v) is 5.87. The number of nitrogens with one attached hydrogen (secondary N) is 1. The Morgan fingerprint density at radius 1 is 1.38 bits per heavy atom. The lowest BCUT2D eigenvalue weighted by Gasteiger charge is -2.39. The zero-order chi connectivity index (χ0) is 11.6. The molecular weight excluding hydrogens is 266 g/mol. The van der Waals surface area contributed by atoms with Gasteiger partial charge in [-0.05, 0) is 24.6 Å². The van der Waals surface area contributed by atoms with Crippen LogP contribution in [0, 0.1) is 5.41 Å². The SMILES string of the molecule is CC(NCC1(C)COC1)c1ccc(Br)cc1. The molecule has 1 saturated heterocycles. The maximum absolute atomic E-state index is 5.25. The first-order valence-corrected chi connectivity index (χ1v) is 6.45. The predicted octanol–water partition coefficient (Wildman–Crippen LogP) is 3.14. The van der Waals surface area contributed by atoms with Crippen molar-refractivity contribution in [3.8, 4) is 0 Å². The minimum Gasteiger partial charge on any atom is -0.380 e. The number of benzene rings is 1.